The van der Waals surface area contributed by atoms with Gasteiger partial charge in [0, 0.05) is 11.1 Å². The molecule has 2 aromatic rings. The van der Waals surface area contributed by atoms with E-state index >= 15 is 0 Å². The Labute approximate surface area is 243 Å². The van der Waals surface area contributed by atoms with Gasteiger partial charge in [-0.15, -0.1) is 0 Å². The van der Waals surface area contributed by atoms with E-state index in [4.69, 9.17) is 15.2 Å². The number of nitrogens with zero attached hydrogens (tertiary/aromatic N) is 1. The van der Waals surface area contributed by atoms with E-state index in [-0.39, 0.29) is 30.1 Å². The van der Waals surface area contributed by atoms with Gasteiger partial charge >= 0.3 is 0 Å². The predicted molar refractivity (Wildman–Crippen MR) is 152 cm³/mol. The summed E-state index contributed by atoms with van der Waals surface area (Å²) in [5, 5.41) is 34.1. The molecule has 0 saturated carbocycles. The molecule has 42 heavy (non-hydrogen) atoms. The highest BCUT2D eigenvalue weighted by atomic mass is 16.7. The van der Waals surface area contributed by atoms with Gasteiger partial charge in [-0.05, 0) is 79.1 Å². The minimum Gasteiger partial charge on any atom is -0.511 e. The topological polar surface area (TPSA) is 160 Å². The van der Waals surface area contributed by atoms with Gasteiger partial charge in [0.2, 0.25) is 6.79 Å². The van der Waals surface area contributed by atoms with Gasteiger partial charge in [-0.1, -0.05) is 26.8 Å². The highest BCUT2D eigenvalue weighted by molar-refractivity contribution is 6.22. The molecule has 0 spiro atoms. The minimum absolute atomic E-state index is 0.0535. The van der Waals surface area contributed by atoms with Crippen LogP contribution in [0.5, 0.6) is 17.2 Å². The minimum atomic E-state index is -1.23. The molecule has 0 bridgehead atoms. The van der Waals surface area contributed by atoms with Crippen molar-refractivity contribution < 1.29 is 39.2 Å². The zero-order chi connectivity index (χ0) is 30.4. The number of allylic oxidation sites excluding steroid dienone is 2. The van der Waals surface area contributed by atoms with Crippen molar-refractivity contribution in [1.82, 2.24) is 4.90 Å². The van der Waals surface area contributed by atoms with Crippen molar-refractivity contribution in [2.45, 2.75) is 45.1 Å². The van der Waals surface area contributed by atoms with Crippen molar-refractivity contribution in [2.24, 2.45) is 23.5 Å². The molecule has 4 aliphatic rings. The zero-order valence-electron chi connectivity index (χ0n) is 24.1. The number of fused-ring (bicyclic) bond motifs is 4. The number of Topliss-reactive ketones (excluding diaryl/α,β-unsaturated/α-hetero) is 2. The molecule has 1 heterocycles. The Balaban J connectivity index is 1.57. The summed E-state index contributed by atoms with van der Waals surface area (Å²) in [4.78, 5) is 41.7. The number of aromatic hydroxyl groups is 1. The summed E-state index contributed by atoms with van der Waals surface area (Å²) in [5.74, 6) is -4.63. The Morgan fingerprint density at radius 1 is 1.02 bits per heavy atom. The number of aliphatic hydroxyl groups is 2. The van der Waals surface area contributed by atoms with Crippen LogP contribution >= 0.6 is 0 Å². The molecule has 0 fully saturated rings. The van der Waals surface area contributed by atoms with Crippen molar-refractivity contribution in [3.63, 3.8) is 0 Å². The summed E-state index contributed by atoms with van der Waals surface area (Å²) in [7, 11) is 3.40. The van der Waals surface area contributed by atoms with Crippen LogP contribution in [-0.2, 0) is 21.4 Å². The van der Waals surface area contributed by atoms with E-state index in [1.165, 1.54) is 0 Å². The molecule has 0 aromatic heterocycles. The molecular weight excluding hydrogens is 540 g/mol. The van der Waals surface area contributed by atoms with Crippen LogP contribution in [-0.4, -0.2) is 64.6 Å². The number of phenolic OH excluding ortho intramolecular Hbond substituents is 1. The molecule has 220 valence electrons. The van der Waals surface area contributed by atoms with E-state index in [1.54, 1.807) is 25.1 Å². The Hall–Kier alpha value is -4.31. The van der Waals surface area contributed by atoms with Gasteiger partial charge in [0.15, 0.2) is 23.1 Å². The normalized spacial score (nSPS) is 25.0. The average Bonchev–Trinajstić information content (AvgIpc) is 3.35. The number of benzene rings is 2. The molecule has 1 aliphatic heterocycles. The molecular formula is C32H34N2O8. The lowest BCUT2D eigenvalue weighted by molar-refractivity contribution is -0.127. The second kappa shape index (κ2) is 9.35. The number of ether oxygens (including phenoxy) is 2. The van der Waals surface area contributed by atoms with E-state index in [0.29, 0.717) is 29.0 Å². The van der Waals surface area contributed by atoms with E-state index in [2.05, 4.69) is 0 Å². The summed E-state index contributed by atoms with van der Waals surface area (Å²) in [6, 6.07) is 6.66. The lowest BCUT2D eigenvalue weighted by Crippen LogP contribution is -2.53. The molecule has 5 N–H and O–H groups in total. The second-order valence-corrected chi connectivity index (χ2v) is 12.8. The molecule has 1 unspecified atom stereocenters. The first-order chi connectivity index (χ1) is 19.7. The number of phenols is 1. The number of hydrogen-bond donors (Lipinski definition) is 4. The third-order valence-corrected chi connectivity index (χ3v) is 9.06. The maximum Gasteiger partial charge on any atom is 0.255 e. The first kappa shape index (κ1) is 27.8. The van der Waals surface area contributed by atoms with Crippen molar-refractivity contribution >= 4 is 17.5 Å². The molecule has 0 saturated heterocycles. The van der Waals surface area contributed by atoms with Crippen LogP contribution < -0.4 is 15.2 Å². The number of carbonyl (C=O) groups is 3. The Morgan fingerprint density at radius 3 is 2.36 bits per heavy atom. The lowest BCUT2D eigenvalue weighted by atomic mass is 9.60. The van der Waals surface area contributed by atoms with Crippen LogP contribution in [0.2, 0.25) is 0 Å². The molecule has 4 atom stereocenters. The smallest absolute Gasteiger partial charge is 0.255 e. The Morgan fingerprint density at radius 2 is 1.71 bits per heavy atom. The Bertz CT molecular complexity index is 1640. The van der Waals surface area contributed by atoms with E-state index in [1.807, 2.05) is 39.0 Å². The standard InChI is InChI=1S/C32H34N2O8/c1-32(2,3)18-11-15(13-6-7-19-20(10-13)42-12-41-19)16-8-14-9-17-23(28(37)21(14)27(36)22(16)26(18)35)29(38)24(31(33)40)30(39)25(17)34(4)5/h6-7,10-11,14,17,23,25,35,37,39H,8-9,12H2,1-5H3,(H2,33,40)/t14-,17+,23?,25-/m0/s1. The third-order valence-electron chi connectivity index (χ3n) is 9.06. The maximum absolute atomic E-state index is 14.3. The Kier molecular flexibility index (Phi) is 6.20. The number of primary amides is 1. The monoisotopic (exact) mass is 574 g/mol. The van der Waals surface area contributed by atoms with Crippen molar-refractivity contribution in [3.8, 4) is 28.4 Å². The summed E-state index contributed by atoms with van der Waals surface area (Å²) >= 11 is 0. The number of aliphatic hydroxyl groups excluding tert-OH is 2. The first-order valence-electron chi connectivity index (χ1n) is 13.9. The lowest BCUT2D eigenvalue weighted by Gasteiger charge is -2.46. The number of likely N-dealkylation sites (N-methyl/N-ethyl adjacent to an activating group) is 1. The van der Waals surface area contributed by atoms with Gasteiger partial charge in [0.25, 0.3) is 5.91 Å². The molecule has 6 rings (SSSR count). The van der Waals surface area contributed by atoms with Gasteiger partial charge in [0.05, 0.1) is 17.5 Å². The SMILES string of the molecule is CN(C)[C@@H]1C(O)=C(C(N)=O)C(=O)C2C(O)=C3C(=O)c4c(O)c(C(C)(C)C)cc(-c5ccc6c(c5)OCO6)c4C[C@H]3C[C@H]21. The largest absolute Gasteiger partial charge is 0.511 e. The zero-order valence-corrected chi connectivity index (χ0v) is 24.1. The summed E-state index contributed by atoms with van der Waals surface area (Å²) in [5.41, 5.74) is 7.24. The molecule has 3 aliphatic carbocycles. The number of nitrogens with two attached hydrogens (primary N) is 1. The van der Waals surface area contributed by atoms with Crippen LogP contribution in [0.15, 0.2) is 46.9 Å². The van der Waals surface area contributed by atoms with Crippen molar-refractivity contribution in [1.29, 1.82) is 0 Å². The molecule has 2 aromatic carbocycles. The summed E-state index contributed by atoms with van der Waals surface area (Å²) in [6.07, 6.45) is 0.579. The third kappa shape index (κ3) is 3.92. The fourth-order valence-corrected chi connectivity index (χ4v) is 7.23. The van der Waals surface area contributed by atoms with Crippen LogP contribution in [0.3, 0.4) is 0 Å². The van der Waals surface area contributed by atoms with Gasteiger partial charge < -0.3 is 30.5 Å². The average molecular weight is 575 g/mol. The number of amides is 1. The van der Waals surface area contributed by atoms with Crippen LogP contribution in [0, 0.1) is 17.8 Å². The number of ketones is 2. The quantitative estimate of drug-likeness (QED) is 0.401. The molecule has 0 radical (unpaired) electrons. The highest BCUT2D eigenvalue weighted by Gasteiger charge is 2.54. The number of rotatable bonds is 3. The van der Waals surface area contributed by atoms with Crippen LogP contribution in [0.4, 0.5) is 0 Å². The van der Waals surface area contributed by atoms with Gasteiger partial charge in [-0.2, -0.15) is 0 Å². The van der Waals surface area contributed by atoms with Crippen molar-refractivity contribution in [3.05, 3.63) is 63.6 Å². The van der Waals surface area contributed by atoms with E-state index < -0.39 is 63.8 Å². The van der Waals surface area contributed by atoms with Gasteiger partial charge in [-0.3, -0.25) is 19.3 Å². The van der Waals surface area contributed by atoms with E-state index in [0.717, 1.165) is 11.1 Å². The van der Waals surface area contributed by atoms with Gasteiger partial charge in [0.1, 0.15) is 22.8 Å². The van der Waals surface area contributed by atoms with Crippen LogP contribution in [0.1, 0.15) is 48.7 Å². The highest BCUT2D eigenvalue weighted by Crippen LogP contribution is 2.53. The molecule has 10 nitrogen and oxygen atoms in total. The first-order valence-corrected chi connectivity index (χ1v) is 13.9. The summed E-state index contributed by atoms with van der Waals surface area (Å²) in [6.45, 7) is 5.91. The maximum atomic E-state index is 14.3. The summed E-state index contributed by atoms with van der Waals surface area (Å²) < 4.78 is 11.1. The van der Waals surface area contributed by atoms with Crippen molar-refractivity contribution in [2.75, 3.05) is 20.9 Å². The fraction of sp³-hybridized carbons (Fsp3) is 0.406. The predicted octanol–water partition coefficient (Wildman–Crippen LogP) is 3.70. The van der Waals surface area contributed by atoms with E-state index in [9.17, 15) is 29.7 Å². The number of hydrogen-bond acceptors (Lipinski definition) is 9. The van der Waals surface area contributed by atoms with Gasteiger partial charge in [-0.25, -0.2) is 0 Å². The fourth-order valence-electron chi connectivity index (χ4n) is 7.23. The molecule has 1 amide bonds. The molecule has 10 heteroatoms. The second-order valence-electron chi connectivity index (χ2n) is 12.8. The van der Waals surface area contributed by atoms with Crippen LogP contribution in [0.25, 0.3) is 11.1 Å². The number of carbonyl (C=O) groups excluding carboxylic acids is 3.